The summed E-state index contributed by atoms with van der Waals surface area (Å²) in [5, 5.41) is 6.49. The van der Waals surface area contributed by atoms with Gasteiger partial charge in [0.05, 0.1) is 48.0 Å². The van der Waals surface area contributed by atoms with Gasteiger partial charge in [-0.15, -0.1) is 0 Å². The number of carbonyl (C=O) groups is 1. The van der Waals surface area contributed by atoms with Crippen molar-refractivity contribution in [2.24, 2.45) is 0 Å². The van der Waals surface area contributed by atoms with Crippen LogP contribution in [0.4, 0.5) is 17.3 Å². The molecular weight excluding hydrogens is 467 g/mol. The van der Waals surface area contributed by atoms with E-state index in [1.54, 1.807) is 12.1 Å². The predicted molar refractivity (Wildman–Crippen MR) is 129 cm³/mol. The van der Waals surface area contributed by atoms with E-state index in [2.05, 4.69) is 27.2 Å². The average molecular weight is 489 g/mol. The minimum atomic E-state index is -0.321. The first kappa shape index (κ1) is 24.2. The van der Waals surface area contributed by atoms with Crippen LogP contribution in [0.3, 0.4) is 0 Å². The second kappa shape index (κ2) is 10.9. The fourth-order valence-electron chi connectivity index (χ4n) is 2.85. The summed E-state index contributed by atoms with van der Waals surface area (Å²) in [6, 6.07) is 7.14. The Morgan fingerprint density at radius 2 is 1.70 bits per heavy atom. The molecular formula is C23H22Cl2N4O4. The molecule has 2 aromatic carbocycles. The molecule has 0 unspecified atom stereocenters. The van der Waals surface area contributed by atoms with Gasteiger partial charge >= 0.3 is 0 Å². The minimum absolute atomic E-state index is 0.0526. The van der Waals surface area contributed by atoms with Crippen LogP contribution in [0.5, 0.6) is 17.2 Å². The van der Waals surface area contributed by atoms with Gasteiger partial charge in [0, 0.05) is 11.6 Å². The molecule has 33 heavy (non-hydrogen) atoms. The number of hydrogen-bond acceptors (Lipinski definition) is 7. The van der Waals surface area contributed by atoms with Gasteiger partial charge in [-0.05, 0) is 30.7 Å². The van der Waals surface area contributed by atoms with Gasteiger partial charge in [0.25, 0.3) is 0 Å². The molecule has 1 aromatic heterocycles. The average Bonchev–Trinajstić information content (AvgIpc) is 2.82. The smallest absolute Gasteiger partial charge is 0.247 e. The number of nitrogens with one attached hydrogen (secondary N) is 2. The van der Waals surface area contributed by atoms with E-state index in [-0.39, 0.29) is 12.5 Å². The molecule has 0 bridgehead atoms. The number of hydrogen-bond donors (Lipinski definition) is 2. The summed E-state index contributed by atoms with van der Waals surface area (Å²) in [7, 11) is 3.00. The number of anilines is 3. The topological polar surface area (TPSA) is 94.6 Å². The number of halogens is 2. The third-order valence-corrected chi connectivity index (χ3v) is 5.37. The molecule has 0 aliphatic carbocycles. The van der Waals surface area contributed by atoms with Crippen LogP contribution in [-0.4, -0.2) is 30.1 Å². The Morgan fingerprint density at radius 3 is 2.27 bits per heavy atom. The van der Waals surface area contributed by atoms with Crippen molar-refractivity contribution >= 4 is 46.4 Å². The van der Waals surface area contributed by atoms with Crippen molar-refractivity contribution in [2.45, 2.75) is 13.5 Å². The van der Waals surface area contributed by atoms with Crippen LogP contribution in [-0.2, 0) is 11.4 Å². The molecule has 0 saturated heterocycles. The highest BCUT2D eigenvalue weighted by Gasteiger charge is 2.18. The second-order valence-corrected chi connectivity index (χ2v) is 7.54. The molecule has 0 atom stereocenters. The zero-order valence-corrected chi connectivity index (χ0v) is 19.8. The first-order chi connectivity index (χ1) is 15.9. The van der Waals surface area contributed by atoms with Crippen LogP contribution >= 0.6 is 23.2 Å². The van der Waals surface area contributed by atoms with Gasteiger partial charge in [-0.3, -0.25) is 4.79 Å². The summed E-state index contributed by atoms with van der Waals surface area (Å²) in [5.74, 6) is 1.24. The molecule has 10 heteroatoms. The molecule has 1 heterocycles. The van der Waals surface area contributed by atoms with Gasteiger partial charge in [-0.1, -0.05) is 35.8 Å². The maximum atomic E-state index is 11.7. The molecule has 3 aromatic rings. The SMILES string of the molecule is C=CC(=O)Nc1ccc(C)cc1Nc1ncc(OCc2c(Cl)c(OC)cc(OC)c2Cl)cn1. The number of methoxy groups -OCH3 is 2. The lowest BCUT2D eigenvalue weighted by Gasteiger charge is -2.15. The largest absolute Gasteiger partial charge is 0.495 e. The van der Waals surface area contributed by atoms with Gasteiger partial charge in [0.15, 0.2) is 5.75 Å². The Bertz CT molecular complexity index is 1140. The van der Waals surface area contributed by atoms with Crippen molar-refractivity contribution in [3.05, 3.63) is 70.5 Å². The van der Waals surface area contributed by atoms with Gasteiger partial charge in [0.1, 0.15) is 18.1 Å². The number of carbonyl (C=O) groups excluding carboxylic acids is 1. The number of amides is 1. The van der Waals surface area contributed by atoms with E-state index >= 15 is 0 Å². The Balaban J connectivity index is 1.75. The number of aryl methyl sites for hydroxylation is 1. The Morgan fingerprint density at radius 1 is 1.06 bits per heavy atom. The molecule has 0 radical (unpaired) electrons. The van der Waals surface area contributed by atoms with Gasteiger partial charge in [-0.2, -0.15) is 0 Å². The predicted octanol–water partition coefficient (Wildman–Crippen LogP) is 5.56. The van der Waals surface area contributed by atoms with Gasteiger partial charge in [0.2, 0.25) is 11.9 Å². The van der Waals surface area contributed by atoms with Crippen molar-refractivity contribution in [1.82, 2.24) is 9.97 Å². The third kappa shape index (κ3) is 5.85. The second-order valence-electron chi connectivity index (χ2n) is 6.79. The molecule has 8 nitrogen and oxygen atoms in total. The van der Waals surface area contributed by atoms with Crippen LogP contribution in [0.25, 0.3) is 0 Å². The van der Waals surface area contributed by atoms with E-state index < -0.39 is 0 Å². The number of aromatic nitrogens is 2. The first-order valence-corrected chi connectivity index (χ1v) is 10.5. The summed E-state index contributed by atoms with van der Waals surface area (Å²) < 4.78 is 16.3. The molecule has 0 fully saturated rings. The molecule has 0 spiro atoms. The lowest BCUT2D eigenvalue weighted by atomic mass is 10.2. The molecule has 0 saturated carbocycles. The molecule has 172 valence electrons. The Kier molecular flexibility index (Phi) is 7.97. The van der Waals surface area contributed by atoms with Crippen LogP contribution in [0.1, 0.15) is 11.1 Å². The molecule has 3 rings (SSSR count). The normalized spacial score (nSPS) is 10.3. The van der Waals surface area contributed by atoms with E-state index in [1.165, 1.54) is 32.7 Å². The van der Waals surface area contributed by atoms with Crippen LogP contribution < -0.4 is 24.8 Å². The molecule has 0 aliphatic heterocycles. The molecule has 2 N–H and O–H groups in total. The fourth-order valence-corrected chi connectivity index (χ4v) is 3.46. The van der Waals surface area contributed by atoms with Crippen molar-refractivity contribution in [1.29, 1.82) is 0 Å². The van der Waals surface area contributed by atoms with Crippen LogP contribution in [0, 0.1) is 6.92 Å². The van der Waals surface area contributed by atoms with E-state index in [9.17, 15) is 4.79 Å². The lowest BCUT2D eigenvalue weighted by Crippen LogP contribution is -2.10. The summed E-state index contributed by atoms with van der Waals surface area (Å²) in [5.41, 5.74) is 2.72. The minimum Gasteiger partial charge on any atom is -0.495 e. The van der Waals surface area contributed by atoms with E-state index in [4.69, 9.17) is 37.4 Å². The highest BCUT2D eigenvalue weighted by molar-refractivity contribution is 6.37. The van der Waals surface area contributed by atoms with E-state index in [1.807, 2.05) is 19.1 Å². The highest BCUT2D eigenvalue weighted by atomic mass is 35.5. The number of ether oxygens (including phenoxy) is 3. The van der Waals surface area contributed by atoms with Gasteiger partial charge < -0.3 is 24.8 Å². The summed E-state index contributed by atoms with van der Waals surface area (Å²) in [6.07, 6.45) is 4.21. The fraction of sp³-hybridized carbons (Fsp3) is 0.174. The zero-order valence-electron chi connectivity index (χ0n) is 18.2. The lowest BCUT2D eigenvalue weighted by molar-refractivity contribution is -0.111. The van der Waals surface area contributed by atoms with Crippen LogP contribution in [0.15, 0.2) is 49.3 Å². The highest BCUT2D eigenvalue weighted by Crippen LogP contribution is 2.40. The monoisotopic (exact) mass is 488 g/mol. The molecule has 0 aliphatic rings. The summed E-state index contributed by atoms with van der Waals surface area (Å²) >= 11 is 12.8. The number of benzene rings is 2. The molecule has 1 amide bonds. The van der Waals surface area contributed by atoms with Crippen molar-refractivity contribution in [3.63, 3.8) is 0 Å². The van der Waals surface area contributed by atoms with Gasteiger partial charge in [-0.25, -0.2) is 9.97 Å². The Labute approximate surface area is 201 Å². The van der Waals surface area contributed by atoms with E-state index in [0.29, 0.717) is 50.2 Å². The first-order valence-electron chi connectivity index (χ1n) is 9.71. The standard InChI is InChI=1S/C23H22Cl2N4O4/c1-5-20(30)28-16-7-6-13(2)8-17(16)29-23-26-10-14(11-27-23)33-12-15-21(24)18(31-3)9-19(32-4)22(15)25/h5-11H,1,12H2,2-4H3,(H,28,30)(H,26,27,29). The maximum absolute atomic E-state index is 11.7. The zero-order chi connectivity index (χ0) is 24.0. The Hall–Kier alpha value is -3.49. The number of rotatable bonds is 9. The maximum Gasteiger partial charge on any atom is 0.247 e. The van der Waals surface area contributed by atoms with E-state index in [0.717, 1.165) is 5.56 Å². The number of nitrogens with zero attached hydrogens (tertiary/aromatic N) is 2. The van der Waals surface area contributed by atoms with Crippen molar-refractivity contribution in [3.8, 4) is 17.2 Å². The summed E-state index contributed by atoms with van der Waals surface area (Å²) in [4.78, 5) is 20.2. The third-order valence-electron chi connectivity index (χ3n) is 4.54. The van der Waals surface area contributed by atoms with Crippen molar-refractivity contribution < 1.29 is 19.0 Å². The van der Waals surface area contributed by atoms with Crippen LogP contribution in [0.2, 0.25) is 10.0 Å². The quantitative estimate of drug-likeness (QED) is 0.380. The van der Waals surface area contributed by atoms with Crippen molar-refractivity contribution in [2.75, 3.05) is 24.9 Å². The summed E-state index contributed by atoms with van der Waals surface area (Å²) in [6.45, 7) is 5.45.